The maximum Gasteiger partial charge on any atom is 0.217 e. The molecule has 0 aromatic rings. The Bertz CT molecular complexity index is 186. The first kappa shape index (κ1) is 16.4. The van der Waals surface area contributed by atoms with Crippen LogP contribution >= 0.6 is 0 Å². The van der Waals surface area contributed by atoms with Crippen LogP contribution in [0.2, 0.25) is 0 Å². The molecule has 1 unspecified atom stereocenters. The Morgan fingerprint density at radius 3 is 2.18 bits per heavy atom. The van der Waals surface area contributed by atoms with Crippen LogP contribution in [0.15, 0.2) is 0 Å². The molecular formula is C13H29N3O. The molecule has 5 N–H and O–H groups in total. The molecule has 0 aliphatic rings. The first-order valence-electron chi connectivity index (χ1n) is 6.95. The number of hydrogen-bond donors (Lipinski definition) is 3. The number of nitrogens with two attached hydrogens (primary N) is 2. The Morgan fingerprint density at radius 1 is 1.06 bits per heavy atom. The first-order valence-corrected chi connectivity index (χ1v) is 6.95. The molecule has 0 bridgehead atoms. The van der Waals surface area contributed by atoms with Crippen molar-refractivity contribution in [3.8, 4) is 0 Å². The summed E-state index contributed by atoms with van der Waals surface area (Å²) in [6.07, 6.45) is 11.0. The number of unbranched alkanes of at least 4 members (excludes halogenated alkanes) is 5. The third-order valence-electron chi connectivity index (χ3n) is 3.12. The summed E-state index contributed by atoms with van der Waals surface area (Å²) in [4.78, 5) is 10.5. The molecule has 0 spiro atoms. The normalized spacial score (nSPS) is 12.6. The largest absolute Gasteiger partial charge is 0.370 e. The number of primary amides is 1. The highest BCUT2D eigenvalue weighted by atomic mass is 16.1. The van der Waals surface area contributed by atoms with E-state index in [4.69, 9.17) is 11.6 Å². The van der Waals surface area contributed by atoms with E-state index in [1.54, 1.807) is 0 Å². The molecule has 1 amide bonds. The van der Waals surface area contributed by atoms with Crippen molar-refractivity contribution in [3.63, 3.8) is 0 Å². The van der Waals surface area contributed by atoms with Crippen LogP contribution in [0.1, 0.15) is 71.1 Å². The number of hydrazine groups is 1. The summed E-state index contributed by atoms with van der Waals surface area (Å²) < 4.78 is 0. The van der Waals surface area contributed by atoms with Gasteiger partial charge in [-0.3, -0.25) is 16.1 Å². The van der Waals surface area contributed by atoms with Gasteiger partial charge in [0, 0.05) is 12.5 Å². The van der Waals surface area contributed by atoms with E-state index in [1.165, 1.54) is 38.5 Å². The Kier molecular flexibility index (Phi) is 11.4. The van der Waals surface area contributed by atoms with Crippen LogP contribution in [0.4, 0.5) is 0 Å². The molecule has 0 fully saturated rings. The summed E-state index contributed by atoms with van der Waals surface area (Å²) >= 11 is 0. The first-order chi connectivity index (χ1) is 8.20. The van der Waals surface area contributed by atoms with E-state index in [1.807, 2.05) is 0 Å². The molecule has 0 aliphatic heterocycles. The molecule has 102 valence electrons. The third kappa shape index (κ3) is 11.6. The number of nitrogens with one attached hydrogen (secondary N) is 1. The topological polar surface area (TPSA) is 81.1 Å². The highest BCUT2D eigenvalue weighted by Gasteiger charge is 2.05. The lowest BCUT2D eigenvalue weighted by Gasteiger charge is -2.15. The van der Waals surface area contributed by atoms with E-state index in [0.717, 1.165) is 19.3 Å². The highest BCUT2D eigenvalue weighted by Crippen LogP contribution is 2.11. The summed E-state index contributed by atoms with van der Waals surface area (Å²) in [6, 6.07) is 0.456. The summed E-state index contributed by atoms with van der Waals surface area (Å²) in [5.74, 6) is 5.34. The molecule has 0 heterocycles. The van der Waals surface area contributed by atoms with Gasteiger partial charge in [0.2, 0.25) is 5.91 Å². The van der Waals surface area contributed by atoms with Crippen LogP contribution in [-0.4, -0.2) is 11.9 Å². The van der Waals surface area contributed by atoms with Crippen molar-refractivity contribution >= 4 is 5.91 Å². The summed E-state index contributed by atoms with van der Waals surface area (Å²) in [5.41, 5.74) is 7.98. The highest BCUT2D eigenvalue weighted by molar-refractivity contribution is 5.73. The van der Waals surface area contributed by atoms with Crippen LogP contribution in [-0.2, 0) is 4.79 Å². The van der Waals surface area contributed by atoms with Gasteiger partial charge in [-0.2, -0.15) is 0 Å². The number of rotatable bonds is 12. The minimum Gasteiger partial charge on any atom is -0.370 e. The van der Waals surface area contributed by atoms with E-state index in [-0.39, 0.29) is 5.91 Å². The van der Waals surface area contributed by atoms with E-state index in [0.29, 0.717) is 12.5 Å². The lowest BCUT2D eigenvalue weighted by atomic mass is 10.0. The van der Waals surface area contributed by atoms with Crippen LogP contribution < -0.4 is 17.0 Å². The van der Waals surface area contributed by atoms with Crippen molar-refractivity contribution in [2.75, 3.05) is 0 Å². The van der Waals surface area contributed by atoms with Gasteiger partial charge in [0.05, 0.1) is 0 Å². The quantitative estimate of drug-likeness (QED) is 0.279. The predicted molar refractivity (Wildman–Crippen MR) is 72.1 cm³/mol. The fraction of sp³-hybridized carbons (Fsp3) is 0.923. The van der Waals surface area contributed by atoms with Crippen molar-refractivity contribution in [2.45, 2.75) is 77.2 Å². The standard InChI is InChI=1S/C13H29N3O/c1-2-3-6-9-12(16-15)10-7-4-5-8-11-13(14)17/h12,16H,2-11,15H2,1H3,(H2,14,17). The minimum absolute atomic E-state index is 0.189. The molecule has 4 nitrogen and oxygen atoms in total. The number of carbonyl (C=O) groups excluding carboxylic acids is 1. The molecule has 4 heteroatoms. The van der Waals surface area contributed by atoms with Gasteiger partial charge in [-0.05, 0) is 19.3 Å². The van der Waals surface area contributed by atoms with Gasteiger partial charge in [-0.15, -0.1) is 0 Å². The van der Waals surface area contributed by atoms with Crippen molar-refractivity contribution in [1.29, 1.82) is 0 Å². The van der Waals surface area contributed by atoms with Crippen molar-refractivity contribution < 1.29 is 4.79 Å². The smallest absolute Gasteiger partial charge is 0.217 e. The summed E-state index contributed by atoms with van der Waals surface area (Å²) in [7, 11) is 0. The molecule has 0 saturated carbocycles. The van der Waals surface area contributed by atoms with E-state index >= 15 is 0 Å². The average Bonchev–Trinajstić information content (AvgIpc) is 2.31. The fourth-order valence-electron chi connectivity index (χ4n) is 2.00. The zero-order valence-electron chi connectivity index (χ0n) is 11.2. The molecule has 0 rings (SSSR count). The van der Waals surface area contributed by atoms with Gasteiger partial charge in [0.1, 0.15) is 0 Å². The summed E-state index contributed by atoms with van der Waals surface area (Å²) in [5, 5.41) is 0. The van der Waals surface area contributed by atoms with Crippen LogP contribution in [0.25, 0.3) is 0 Å². The Hall–Kier alpha value is -0.610. The van der Waals surface area contributed by atoms with E-state index in [9.17, 15) is 4.79 Å². The van der Waals surface area contributed by atoms with Gasteiger partial charge in [-0.25, -0.2) is 0 Å². The van der Waals surface area contributed by atoms with Gasteiger partial charge in [-0.1, -0.05) is 45.4 Å². The maximum absolute atomic E-state index is 10.5. The van der Waals surface area contributed by atoms with Crippen LogP contribution in [0.5, 0.6) is 0 Å². The van der Waals surface area contributed by atoms with Crippen molar-refractivity contribution in [3.05, 3.63) is 0 Å². The van der Waals surface area contributed by atoms with Gasteiger partial charge in [0.15, 0.2) is 0 Å². The maximum atomic E-state index is 10.5. The predicted octanol–water partition coefficient (Wildman–Crippen LogP) is 2.22. The van der Waals surface area contributed by atoms with E-state index in [2.05, 4.69) is 12.3 Å². The Labute approximate surface area is 105 Å². The lowest BCUT2D eigenvalue weighted by Crippen LogP contribution is -2.34. The molecule has 0 radical (unpaired) electrons. The van der Waals surface area contributed by atoms with Crippen molar-refractivity contribution in [1.82, 2.24) is 5.43 Å². The lowest BCUT2D eigenvalue weighted by molar-refractivity contribution is -0.118. The van der Waals surface area contributed by atoms with Gasteiger partial charge >= 0.3 is 0 Å². The second kappa shape index (κ2) is 11.9. The Balaban J connectivity index is 3.33. The average molecular weight is 243 g/mol. The molecule has 0 saturated heterocycles. The molecular weight excluding hydrogens is 214 g/mol. The molecule has 0 aromatic carbocycles. The fourth-order valence-corrected chi connectivity index (χ4v) is 2.00. The second-order valence-electron chi connectivity index (χ2n) is 4.78. The zero-order chi connectivity index (χ0) is 12.9. The third-order valence-corrected chi connectivity index (χ3v) is 3.12. The number of carbonyl (C=O) groups is 1. The van der Waals surface area contributed by atoms with Crippen LogP contribution in [0, 0.1) is 0 Å². The minimum atomic E-state index is -0.189. The molecule has 0 aliphatic carbocycles. The van der Waals surface area contributed by atoms with Gasteiger partial charge < -0.3 is 5.73 Å². The van der Waals surface area contributed by atoms with Crippen LogP contribution in [0.3, 0.4) is 0 Å². The van der Waals surface area contributed by atoms with Crippen molar-refractivity contribution in [2.24, 2.45) is 11.6 Å². The monoisotopic (exact) mass is 243 g/mol. The Morgan fingerprint density at radius 2 is 1.65 bits per heavy atom. The molecule has 17 heavy (non-hydrogen) atoms. The summed E-state index contributed by atoms with van der Waals surface area (Å²) in [6.45, 7) is 2.21. The second-order valence-corrected chi connectivity index (χ2v) is 4.78. The van der Waals surface area contributed by atoms with E-state index < -0.39 is 0 Å². The SMILES string of the molecule is CCCCCC(CCCCCCC(N)=O)NN. The van der Waals surface area contributed by atoms with Gasteiger partial charge in [0.25, 0.3) is 0 Å². The zero-order valence-corrected chi connectivity index (χ0v) is 11.2. The number of amides is 1. The number of hydrogen-bond acceptors (Lipinski definition) is 3. The molecule has 0 aromatic heterocycles. The molecule has 1 atom stereocenters.